The number of rotatable bonds is 5. The van der Waals surface area contributed by atoms with Gasteiger partial charge in [0.1, 0.15) is 6.42 Å². The summed E-state index contributed by atoms with van der Waals surface area (Å²) in [5.74, 6) is -1.66. The molecule has 0 fully saturated rings. The van der Waals surface area contributed by atoms with Crippen molar-refractivity contribution in [2.24, 2.45) is 0 Å². The van der Waals surface area contributed by atoms with Gasteiger partial charge in [0.25, 0.3) is 0 Å². The zero-order valence-corrected chi connectivity index (χ0v) is 13.3. The van der Waals surface area contributed by atoms with Crippen LogP contribution in [0.15, 0.2) is 54.6 Å². The number of hydrogen-bond acceptors (Lipinski definition) is 5. The SMILES string of the molecule is CCOC(=O)CC(=O)c1ccccc1.Nc1ccccc1C(=O)O. The molecule has 0 bridgehead atoms. The Kier molecular flexibility index (Phi) is 7.70. The van der Waals surface area contributed by atoms with Gasteiger partial charge >= 0.3 is 11.9 Å². The minimum absolute atomic E-state index is 0.155. The summed E-state index contributed by atoms with van der Waals surface area (Å²) in [6.07, 6.45) is -0.183. The van der Waals surface area contributed by atoms with Crippen LogP contribution in [0, 0.1) is 0 Å². The molecule has 2 aromatic rings. The summed E-state index contributed by atoms with van der Waals surface area (Å²) in [6, 6.07) is 15.1. The van der Waals surface area contributed by atoms with Crippen LogP contribution in [-0.4, -0.2) is 29.4 Å². The minimum atomic E-state index is -0.988. The van der Waals surface area contributed by atoms with E-state index in [1.165, 1.54) is 6.07 Å². The molecule has 24 heavy (non-hydrogen) atoms. The number of para-hydroxylation sites is 1. The first kappa shape index (κ1) is 18.9. The molecule has 126 valence electrons. The maximum Gasteiger partial charge on any atom is 0.337 e. The summed E-state index contributed by atoms with van der Waals surface area (Å²) in [6.45, 7) is 2.02. The number of ketones is 1. The van der Waals surface area contributed by atoms with Crippen LogP contribution in [0.1, 0.15) is 34.1 Å². The quantitative estimate of drug-likeness (QED) is 0.378. The summed E-state index contributed by atoms with van der Waals surface area (Å²) >= 11 is 0. The molecular weight excluding hydrogens is 310 g/mol. The summed E-state index contributed by atoms with van der Waals surface area (Å²) in [7, 11) is 0. The third kappa shape index (κ3) is 6.31. The highest BCUT2D eigenvalue weighted by Gasteiger charge is 2.11. The van der Waals surface area contributed by atoms with E-state index < -0.39 is 11.9 Å². The Balaban J connectivity index is 0.000000254. The van der Waals surface area contributed by atoms with Gasteiger partial charge in [0, 0.05) is 11.3 Å². The van der Waals surface area contributed by atoms with Crippen LogP contribution in [-0.2, 0) is 9.53 Å². The predicted molar refractivity (Wildman–Crippen MR) is 89.8 cm³/mol. The van der Waals surface area contributed by atoms with E-state index in [0.29, 0.717) is 17.9 Å². The Morgan fingerprint density at radius 3 is 2.08 bits per heavy atom. The number of nitrogens with two attached hydrogens (primary N) is 1. The van der Waals surface area contributed by atoms with Gasteiger partial charge in [0.2, 0.25) is 0 Å². The molecule has 0 radical (unpaired) electrons. The number of benzene rings is 2. The fraction of sp³-hybridized carbons (Fsp3) is 0.167. The van der Waals surface area contributed by atoms with Crippen molar-refractivity contribution in [3.63, 3.8) is 0 Å². The third-order valence-corrected chi connectivity index (χ3v) is 2.90. The largest absolute Gasteiger partial charge is 0.478 e. The van der Waals surface area contributed by atoms with Gasteiger partial charge in [0.05, 0.1) is 12.2 Å². The van der Waals surface area contributed by atoms with Crippen LogP contribution in [0.4, 0.5) is 5.69 Å². The van der Waals surface area contributed by atoms with Gasteiger partial charge in [-0.05, 0) is 19.1 Å². The summed E-state index contributed by atoms with van der Waals surface area (Å²) in [5.41, 5.74) is 6.34. The van der Waals surface area contributed by atoms with Crippen molar-refractivity contribution in [1.29, 1.82) is 0 Å². The van der Waals surface area contributed by atoms with E-state index in [0.717, 1.165) is 0 Å². The fourth-order valence-electron chi connectivity index (χ4n) is 1.76. The molecule has 2 rings (SSSR count). The number of hydrogen-bond donors (Lipinski definition) is 2. The monoisotopic (exact) mass is 329 g/mol. The first-order valence-corrected chi connectivity index (χ1v) is 7.27. The first-order chi connectivity index (χ1) is 11.5. The van der Waals surface area contributed by atoms with Crippen molar-refractivity contribution in [3.05, 3.63) is 65.7 Å². The van der Waals surface area contributed by atoms with Crippen LogP contribution in [0.2, 0.25) is 0 Å². The number of carbonyl (C=O) groups excluding carboxylic acids is 2. The fourth-order valence-corrected chi connectivity index (χ4v) is 1.76. The molecule has 0 unspecified atom stereocenters. The van der Waals surface area contributed by atoms with Gasteiger partial charge in [-0.1, -0.05) is 42.5 Å². The third-order valence-electron chi connectivity index (χ3n) is 2.90. The Bertz CT molecular complexity index is 698. The minimum Gasteiger partial charge on any atom is -0.478 e. The second-order valence-corrected chi connectivity index (χ2v) is 4.66. The van der Waals surface area contributed by atoms with Gasteiger partial charge in [-0.2, -0.15) is 0 Å². The highest BCUT2D eigenvalue weighted by Crippen LogP contribution is 2.09. The molecule has 0 aliphatic rings. The van der Waals surface area contributed by atoms with E-state index >= 15 is 0 Å². The standard InChI is InChI=1S/C11H12O3.C7H7NO2/c1-2-14-11(13)8-10(12)9-6-4-3-5-7-9;8-6-4-2-1-3-5(6)7(9)10/h3-7H,2,8H2,1H3;1-4H,8H2,(H,9,10). The molecular formula is C18H19NO5. The number of ether oxygens (including phenoxy) is 1. The summed E-state index contributed by atoms with van der Waals surface area (Å²) < 4.78 is 4.67. The average molecular weight is 329 g/mol. The van der Waals surface area contributed by atoms with Crippen molar-refractivity contribution < 1.29 is 24.2 Å². The van der Waals surface area contributed by atoms with E-state index in [4.69, 9.17) is 10.8 Å². The van der Waals surface area contributed by atoms with Crippen molar-refractivity contribution in [2.75, 3.05) is 12.3 Å². The number of carboxylic acid groups (broad SMARTS) is 1. The molecule has 0 atom stereocenters. The van der Waals surface area contributed by atoms with Crippen LogP contribution in [0.3, 0.4) is 0 Å². The topological polar surface area (TPSA) is 107 Å². The van der Waals surface area contributed by atoms with E-state index in [-0.39, 0.29) is 17.8 Å². The van der Waals surface area contributed by atoms with Crippen molar-refractivity contribution in [2.45, 2.75) is 13.3 Å². The molecule has 2 aromatic carbocycles. The van der Waals surface area contributed by atoms with Crippen molar-refractivity contribution in [1.82, 2.24) is 0 Å². The number of esters is 1. The highest BCUT2D eigenvalue weighted by atomic mass is 16.5. The maximum absolute atomic E-state index is 11.4. The lowest BCUT2D eigenvalue weighted by Gasteiger charge is -2.00. The van der Waals surface area contributed by atoms with E-state index in [1.807, 2.05) is 6.07 Å². The van der Waals surface area contributed by atoms with Gasteiger partial charge in [-0.15, -0.1) is 0 Å². The molecule has 3 N–H and O–H groups in total. The lowest BCUT2D eigenvalue weighted by Crippen LogP contribution is -2.11. The number of carbonyl (C=O) groups is 3. The normalized spacial score (nSPS) is 9.38. The number of aromatic carboxylic acids is 1. The summed E-state index contributed by atoms with van der Waals surface area (Å²) in [4.78, 5) is 32.8. The molecule has 0 saturated carbocycles. The van der Waals surface area contributed by atoms with Crippen molar-refractivity contribution in [3.8, 4) is 0 Å². The van der Waals surface area contributed by atoms with Crippen LogP contribution < -0.4 is 5.73 Å². The highest BCUT2D eigenvalue weighted by molar-refractivity contribution is 6.05. The molecule has 0 amide bonds. The van der Waals surface area contributed by atoms with E-state index in [2.05, 4.69) is 4.74 Å². The van der Waals surface area contributed by atoms with Crippen LogP contribution in [0.25, 0.3) is 0 Å². The van der Waals surface area contributed by atoms with Gasteiger partial charge in [0.15, 0.2) is 5.78 Å². The number of anilines is 1. The first-order valence-electron chi connectivity index (χ1n) is 7.27. The summed E-state index contributed by atoms with van der Waals surface area (Å²) in [5, 5.41) is 8.49. The predicted octanol–water partition coefficient (Wildman–Crippen LogP) is 2.79. The lowest BCUT2D eigenvalue weighted by molar-refractivity contribution is -0.141. The smallest absolute Gasteiger partial charge is 0.337 e. The van der Waals surface area contributed by atoms with E-state index in [1.54, 1.807) is 49.4 Å². The molecule has 6 nitrogen and oxygen atoms in total. The lowest BCUT2D eigenvalue weighted by atomic mass is 10.1. The molecule has 0 heterocycles. The van der Waals surface area contributed by atoms with E-state index in [9.17, 15) is 14.4 Å². The Hall–Kier alpha value is -3.15. The number of nitrogen functional groups attached to an aromatic ring is 1. The second-order valence-electron chi connectivity index (χ2n) is 4.66. The van der Waals surface area contributed by atoms with Crippen LogP contribution in [0.5, 0.6) is 0 Å². The Morgan fingerprint density at radius 2 is 1.58 bits per heavy atom. The molecule has 0 aliphatic heterocycles. The maximum atomic E-state index is 11.4. The Morgan fingerprint density at radius 1 is 1.00 bits per heavy atom. The van der Waals surface area contributed by atoms with Crippen LogP contribution >= 0.6 is 0 Å². The van der Waals surface area contributed by atoms with Gasteiger partial charge in [-0.3, -0.25) is 9.59 Å². The molecule has 6 heteroatoms. The molecule has 0 aliphatic carbocycles. The number of carboxylic acids is 1. The van der Waals surface area contributed by atoms with Gasteiger partial charge in [-0.25, -0.2) is 4.79 Å². The Labute approximate surface area is 139 Å². The molecule has 0 aromatic heterocycles. The molecule has 0 spiro atoms. The number of Topliss-reactive ketones (excluding diaryl/α,β-unsaturated/α-hetero) is 1. The van der Waals surface area contributed by atoms with Gasteiger partial charge < -0.3 is 15.6 Å². The average Bonchev–Trinajstić information content (AvgIpc) is 2.56. The zero-order valence-electron chi connectivity index (χ0n) is 13.3. The second kappa shape index (κ2) is 9.78. The molecule has 0 saturated heterocycles. The van der Waals surface area contributed by atoms with Crippen molar-refractivity contribution >= 4 is 23.4 Å². The zero-order chi connectivity index (χ0) is 17.9.